The summed E-state index contributed by atoms with van der Waals surface area (Å²) in [6.45, 7) is 0. The largest absolute Gasteiger partial charge is 0.488 e. The second-order valence-electron chi connectivity index (χ2n) is 3.53. The van der Waals surface area contributed by atoms with Crippen molar-refractivity contribution in [1.29, 1.82) is 0 Å². The molecule has 0 fully saturated rings. The Morgan fingerprint density at radius 1 is 1.60 bits per heavy atom. The predicted molar refractivity (Wildman–Crippen MR) is 54.8 cm³/mol. The van der Waals surface area contributed by atoms with E-state index in [2.05, 4.69) is 0 Å². The molecule has 2 rings (SSSR count). The first-order chi connectivity index (χ1) is 7.20. The predicted octanol–water partition coefficient (Wildman–Crippen LogP) is 2.33. The zero-order valence-corrected chi connectivity index (χ0v) is 8.71. The van der Waals surface area contributed by atoms with Crippen LogP contribution in [0.1, 0.15) is 12.0 Å². The van der Waals surface area contributed by atoms with Crippen LogP contribution >= 0.6 is 11.6 Å². The van der Waals surface area contributed by atoms with E-state index >= 15 is 0 Å². The van der Waals surface area contributed by atoms with Crippen molar-refractivity contribution in [1.82, 2.24) is 0 Å². The summed E-state index contributed by atoms with van der Waals surface area (Å²) in [7, 11) is 0. The maximum atomic E-state index is 12.9. The molecule has 0 radical (unpaired) electrons. The number of halogens is 2. The molecule has 0 saturated carbocycles. The number of hydrogen-bond donors (Lipinski definition) is 0. The van der Waals surface area contributed by atoms with Crippen molar-refractivity contribution in [2.45, 2.75) is 24.3 Å². The van der Waals surface area contributed by atoms with Gasteiger partial charge in [-0.05, 0) is 36.6 Å². The van der Waals surface area contributed by atoms with Gasteiger partial charge in [-0.15, -0.1) is 11.6 Å². The Morgan fingerprint density at radius 3 is 3.13 bits per heavy atom. The smallest absolute Gasteiger partial charge is 0.141 e. The lowest BCUT2D eigenvalue weighted by Gasteiger charge is -2.27. The van der Waals surface area contributed by atoms with Gasteiger partial charge in [-0.2, -0.15) is 0 Å². The molecule has 0 amide bonds. The van der Waals surface area contributed by atoms with Crippen LogP contribution in [0.15, 0.2) is 18.2 Å². The van der Waals surface area contributed by atoms with Gasteiger partial charge in [0.15, 0.2) is 0 Å². The molecule has 15 heavy (non-hydrogen) atoms. The highest BCUT2D eigenvalue weighted by molar-refractivity contribution is 6.28. The van der Waals surface area contributed by atoms with Crippen molar-refractivity contribution < 1.29 is 13.9 Å². The summed E-state index contributed by atoms with van der Waals surface area (Å²) >= 11 is 5.77. The second kappa shape index (κ2) is 4.19. The number of aryl methyl sites for hydroxylation is 1. The van der Waals surface area contributed by atoms with Crippen molar-refractivity contribution in [2.75, 3.05) is 0 Å². The molecule has 1 aliphatic heterocycles. The number of carbonyl (C=O) groups excluding carboxylic acids is 1. The minimum absolute atomic E-state index is 0.270. The summed E-state index contributed by atoms with van der Waals surface area (Å²) < 4.78 is 18.4. The van der Waals surface area contributed by atoms with Gasteiger partial charge in [-0.25, -0.2) is 4.39 Å². The number of alkyl halides is 1. The lowest BCUT2D eigenvalue weighted by molar-refractivity contribution is -0.109. The SMILES string of the molecule is O=CC(Cl)C1CCc2cc(F)ccc2O1. The highest BCUT2D eigenvalue weighted by atomic mass is 35.5. The van der Waals surface area contributed by atoms with E-state index in [-0.39, 0.29) is 11.9 Å². The molecule has 2 unspecified atom stereocenters. The third-order valence-corrected chi connectivity index (χ3v) is 2.87. The molecule has 2 nitrogen and oxygen atoms in total. The summed E-state index contributed by atoms with van der Waals surface area (Å²) in [5.41, 5.74) is 0.834. The second-order valence-corrected chi connectivity index (χ2v) is 4.03. The van der Waals surface area contributed by atoms with Crippen LogP contribution in [0.2, 0.25) is 0 Å². The van der Waals surface area contributed by atoms with E-state index in [4.69, 9.17) is 16.3 Å². The number of aldehydes is 1. The van der Waals surface area contributed by atoms with Crippen molar-refractivity contribution in [2.24, 2.45) is 0 Å². The molecule has 1 aliphatic rings. The van der Waals surface area contributed by atoms with Crippen molar-refractivity contribution >= 4 is 17.9 Å². The summed E-state index contributed by atoms with van der Waals surface area (Å²) in [6, 6.07) is 4.37. The molecule has 2 atom stereocenters. The number of carbonyl (C=O) groups is 1. The van der Waals surface area contributed by atoms with Crippen LogP contribution in [-0.4, -0.2) is 17.8 Å². The third-order valence-electron chi connectivity index (χ3n) is 2.48. The summed E-state index contributed by atoms with van der Waals surface area (Å²) in [4.78, 5) is 10.5. The normalized spacial score (nSPS) is 21.3. The average molecular weight is 229 g/mol. The Morgan fingerprint density at radius 2 is 2.40 bits per heavy atom. The number of ether oxygens (including phenoxy) is 1. The molecule has 1 aromatic rings. The summed E-state index contributed by atoms with van der Waals surface area (Å²) in [6.07, 6.45) is 1.70. The topological polar surface area (TPSA) is 26.3 Å². The number of fused-ring (bicyclic) bond motifs is 1. The van der Waals surface area contributed by atoms with Gasteiger partial charge < -0.3 is 9.53 Å². The van der Waals surface area contributed by atoms with Gasteiger partial charge in [0.05, 0.1) is 0 Å². The molecule has 0 aliphatic carbocycles. The van der Waals surface area contributed by atoms with Gasteiger partial charge in [-0.1, -0.05) is 0 Å². The first-order valence-corrected chi connectivity index (χ1v) is 5.19. The van der Waals surface area contributed by atoms with Crippen molar-refractivity contribution in [3.63, 3.8) is 0 Å². The van der Waals surface area contributed by atoms with E-state index < -0.39 is 5.38 Å². The average Bonchev–Trinajstić information content (AvgIpc) is 2.27. The van der Waals surface area contributed by atoms with Gasteiger partial charge in [-0.3, -0.25) is 0 Å². The molecular formula is C11H10ClFO2. The van der Waals surface area contributed by atoms with E-state index in [0.29, 0.717) is 24.9 Å². The van der Waals surface area contributed by atoms with Crippen LogP contribution < -0.4 is 4.74 Å². The highest BCUT2D eigenvalue weighted by Gasteiger charge is 2.26. The maximum Gasteiger partial charge on any atom is 0.141 e. The molecule has 0 N–H and O–H groups in total. The van der Waals surface area contributed by atoms with Gasteiger partial charge in [0.2, 0.25) is 0 Å². The van der Waals surface area contributed by atoms with Crippen LogP contribution in [0.25, 0.3) is 0 Å². The Labute approximate surface area is 92.0 Å². The molecule has 0 aromatic heterocycles. The molecule has 1 heterocycles. The molecule has 0 spiro atoms. The zero-order chi connectivity index (χ0) is 10.8. The van der Waals surface area contributed by atoms with Crippen molar-refractivity contribution in [3.8, 4) is 5.75 Å². The molecule has 4 heteroatoms. The Balaban J connectivity index is 2.20. The van der Waals surface area contributed by atoms with E-state index in [1.54, 1.807) is 6.07 Å². The first kappa shape index (κ1) is 10.4. The number of rotatable bonds is 2. The molecule has 0 saturated heterocycles. The van der Waals surface area contributed by atoms with E-state index in [1.807, 2.05) is 0 Å². The standard InChI is InChI=1S/C11H10ClFO2/c12-9(6-14)11-3-1-7-5-8(13)2-4-10(7)15-11/h2,4-6,9,11H,1,3H2. The Kier molecular flexibility index (Phi) is 2.91. The van der Waals surface area contributed by atoms with Crippen LogP contribution in [0, 0.1) is 5.82 Å². The lowest BCUT2D eigenvalue weighted by Crippen LogP contribution is -2.32. The summed E-state index contributed by atoms with van der Waals surface area (Å²) in [5, 5.41) is -0.636. The van der Waals surface area contributed by atoms with Gasteiger partial charge in [0.1, 0.15) is 29.3 Å². The minimum Gasteiger partial charge on any atom is -0.488 e. The fourth-order valence-corrected chi connectivity index (χ4v) is 1.87. The minimum atomic E-state index is -0.636. The third kappa shape index (κ3) is 2.12. The van der Waals surface area contributed by atoms with Crippen LogP contribution in [0.3, 0.4) is 0 Å². The first-order valence-electron chi connectivity index (χ1n) is 4.75. The molecule has 80 valence electrons. The maximum absolute atomic E-state index is 12.9. The fourth-order valence-electron chi connectivity index (χ4n) is 1.69. The monoisotopic (exact) mass is 228 g/mol. The van der Waals surface area contributed by atoms with Crippen molar-refractivity contribution in [3.05, 3.63) is 29.6 Å². The van der Waals surface area contributed by atoms with Crippen LogP contribution in [0.5, 0.6) is 5.75 Å². The quantitative estimate of drug-likeness (QED) is 0.574. The molecular weight excluding hydrogens is 219 g/mol. The number of hydrogen-bond acceptors (Lipinski definition) is 2. The van der Waals surface area contributed by atoms with Gasteiger partial charge in [0.25, 0.3) is 0 Å². The number of benzene rings is 1. The highest BCUT2D eigenvalue weighted by Crippen LogP contribution is 2.29. The van der Waals surface area contributed by atoms with Crippen LogP contribution in [-0.2, 0) is 11.2 Å². The fraction of sp³-hybridized carbons (Fsp3) is 0.364. The molecule has 1 aromatic carbocycles. The Bertz CT molecular complexity index is 381. The lowest BCUT2D eigenvalue weighted by atomic mass is 10.0. The van der Waals surface area contributed by atoms with E-state index in [9.17, 15) is 9.18 Å². The van der Waals surface area contributed by atoms with Crippen LogP contribution in [0.4, 0.5) is 4.39 Å². The van der Waals surface area contributed by atoms with Gasteiger partial charge >= 0.3 is 0 Å². The zero-order valence-electron chi connectivity index (χ0n) is 7.95. The van der Waals surface area contributed by atoms with E-state index in [1.165, 1.54) is 12.1 Å². The van der Waals surface area contributed by atoms with E-state index in [0.717, 1.165) is 5.56 Å². The molecule has 0 bridgehead atoms. The summed E-state index contributed by atoms with van der Waals surface area (Å²) in [5.74, 6) is 0.355. The van der Waals surface area contributed by atoms with Gasteiger partial charge in [0, 0.05) is 0 Å². The Hall–Kier alpha value is -1.09.